The van der Waals surface area contributed by atoms with Gasteiger partial charge in [0.25, 0.3) is 11.7 Å². The predicted octanol–water partition coefficient (Wildman–Crippen LogP) is -0.907. The van der Waals surface area contributed by atoms with Crippen LogP contribution in [0.4, 0.5) is 0 Å². The number of carbonyl (C=O) groups excluding carboxylic acids is 1. The molecule has 2 aromatic heterocycles. The van der Waals surface area contributed by atoms with Crippen LogP contribution in [0.3, 0.4) is 0 Å². The summed E-state index contributed by atoms with van der Waals surface area (Å²) in [6, 6.07) is -1.03. The van der Waals surface area contributed by atoms with Crippen LogP contribution in [0, 0.1) is 6.92 Å². The highest BCUT2D eigenvalue weighted by atomic mass is 16.4. The number of hydrogen-bond donors (Lipinski definition) is 2. The van der Waals surface area contributed by atoms with Crippen LogP contribution < -0.4 is 0 Å². The van der Waals surface area contributed by atoms with Crippen molar-refractivity contribution in [2.24, 2.45) is 0 Å². The van der Waals surface area contributed by atoms with E-state index in [0.717, 1.165) is 4.90 Å². The molecule has 0 aromatic carbocycles. The normalized spacial score (nSPS) is 21.9. The van der Waals surface area contributed by atoms with Gasteiger partial charge >= 0.3 is 5.97 Å². The minimum atomic E-state index is -1.13. The smallest absolute Gasteiger partial charge is 0.326 e. The lowest BCUT2D eigenvalue weighted by molar-refractivity contribution is -0.141. The molecule has 3 heterocycles. The summed E-state index contributed by atoms with van der Waals surface area (Å²) in [6.45, 7) is 1.67. The van der Waals surface area contributed by atoms with Gasteiger partial charge in [0.2, 0.25) is 0 Å². The molecule has 1 fully saturated rings. The standard InChI is InChI=1S/C12H13N5O4/c1-6-8(3-13-12-14-5-15-17(6)12)10(19)16-4-7(18)2-9(16)11(20)21/h3,5,7,9,18H,2,4H2,1H3,(H,20,21)/t7?,9-/m0/s1. The average molecular weight is 291 g/mol. The van der Waals surface area contributed by atoms with E-state index in [2.05, 4.69) is 15.1 Å². The van der Waals surface area contributed by atoms with Crippen LogP contribution >= 0.6 is 0 Å². The number of aryl methyl sites for hydroxylation is 1. The molecule has 9 nitrogen and oxygen atoms in total. The fraction of sp³-hybridized carbons (Fsp3) is 0.417. The van der Waals surface area contributed by atoms with E-state index in [9.17, 15) is 14.7 Å². The Hall–Kier alpha value is -2.55. The number of nitrogens with zero attached hydrogens (tertiary/aromatic N) is 5. The summed E-state index contributed by atoms with van der Waals surface area (Å²) in [5.41, 5.74) is 0.765. The molecule has 110 valence electrons. The number of aliphatic hydroxyl groups excluding tert-OH is 1. The van der Waals surface area contributed by atoms with Crippen molar-refractivity contribution in [2.45, 2.75) is 25.5 Å². The molecule has 0 bridgehead atoms. The molecular formula is C12H13N5O4. The molecule has 0 radical (unpaired) electrons. The van der Waals surface area contributed by atoms with Crippen molar-refractivity contribution in [2.75, 3.05) is 6.54 Å². The van der Waals surface area contributed by atoms with E-state index >= 15 is 0 Å². The number of rotatable bonds is 2. The summed E-state index contributed by atoms with van der Waals surface area (Å²) in [4.78, 5) is 32.8. The Bertz CT molecular complexity index is 728. The first-order chi connectivity index (χ1) is 9.99. The summed E-state index contributed by atoms with van der Waals surface area (Å²) in [7, 11) is 0. The van der Waals surface area contributed by atoms with Crippen LogP contribution in [-0.4, -0.2) is 65.3 Å². The molecule has 2 aromatic rings. The molecule has 21 heavy (non-hydrogen) atoms. The number of carboxylic acid groups (broad SMARTS) is 1. The van der Waals surface area contributed by atoms with Gasteiger partial charge in [0, 0.05) is 19.2 Å². The molecule has 1 aliphatic heterocycles. The summed E-state index contributed by atoms with van der Waals surface area (Å²) in [5, 5.41) is 22.7. The summed E-state index contributed by atoms with van der Waals surface area (Å²) >= 11 is 0. The Kier molecular flexibility index (Phi) is 3.05. The SMILES string of the molecule is Cc1c(C(=O)N2CC(O)C[C@H]2C(=O)O)cnc2ncnn12. The third-order valence-corrected chi connectivity index (χ3v) is 3.60. The number of likely N-dealkylation sites (tertiary alicyclic amines) is 1. The Morgan fingerprint density at radius 2 is 2.14 bits per heavy atom. The summed E-state index contributed by atoms with van der Waals surface area (Å²) in [5.74, 6) is -1.26. The predicted molar refractivity (Wildman–Crippen MR) is 68.6 cm³/mol. The number of carboxylic acids is 1. The second-order valence-corrected chi connectivity index (χ2v) is 4.93. The molecule has 2 N–H and O–H groups in total. The molecule has 2 atom stereocenters. The van der Waals surface area contributed by atoms with Gasteiger partial charge in [0.05, 0.1) is 17.4 Å². The number of aliphatic carboxylic acids is 1. The molecule has 1 aliphatic rings. The van der Waals surface area contributed by atoms with Gasteiger partial charge in [-0.3, -0.25) is 4.79 Å². The molecule has 1 amide bonds. The molecule has 0 saturated carbocycles. The van der Waals surface area contributed by atoms with Crippen LogP contribution in [0.5, 0.6) is 0 Å². The molecular weight excluding hydrogens is 278 g/mol. The first-order valence-corrected chi connectivity index (χ1v) is 6.36. The van der Waals surface area contributed by atoms with Gasteiger partial charge in [-0.05, 0) is 6.92 Å². The van der Waals surface area contributed by atoms with E-state index in [1.165, 1.54) is 17.0 Å². The number of hydrogen-bond acceptors (Lipinski definition) is 6. The minimum absolute atomic E-state index is 0.00929. The van der Waals surface area contributed by atoms with E-state index < -0.39 is 24.0 Å². The highest BCUT2D eigenvalue weighted by molar-refractivity contribution is 5.97. The van der Waals surface area contributed by atoms with Gasteiger partial charge in [-0.1, -0.05) is 0 Å². The van der Waals surface area contributed by atoms with E-state index in [1.54, 1.807) is 6.92 Å². The maximum absolute atomic E-state index is 12.5. The first kappa shape index (κ1) is 13.4. The molecule has 0 aliphatic carbocycles. The first-order valence-electron chi connectivity index (χ1n) is 6.36. The zero-order chi connectivity index (χ0) is 15.1. The quantitative estimate of drug-likeness (QED) is 0.734. The van der Waals surface area contributed by atoms with Crippen molar-refractivity contribution in [1.29, 1.82) is 0 Å². The number of carbonyl (C=O) groups is 2. The Morgan fingerprint density at radius 1 is 1.38 bits per heavy atom. The number of fused-ring (bicyclic) bond motifs is 1. The monoisotopic (exact) mass is 291 g/mol. The fourth-order valence-electron chi connectivity index (χ4n) is 2.53. The van der Waals surface area contributed by atoms with E-state index in [4.69, 9.17) is 5.11 Å². The van der Waals surface area contributed by atoms with Crippen LogP contribution in [0.15, 0.2) is 12.5 Å². The lowest BCUT2D eigenvalue weighted by atomic mass is 10.1. The highest BCUT2D eigenvalue weighted by Crippen LogP contribution is 2.22. The van der Waals surface area contributed by atoms with Crippen LogP contribution in [0.25, 0.3) is 5.78 Å². The van der Waals surface area contributed by atoms with Gasteiger partial charge in [-0.2, -0.15) is 10.1 Å². The summed E-state index contributed by atoms with van der Waals surface area (Å²) < 4.78 is 1.41. The van der Waals surface area contributed by atoms with Crippen molar-refractivity contribution in [1.82, 2.24) is 24.5 Å². The Labute approximate surface area is 118 Å². The van der Waals surface area contributed by atoms with Crippen molar-refractivity contribution in [3.05, 3.63) is 23.8 Å². The average Bonchev–Trinajstić information content (AvgIpc) is 3.05. The van der Waals surface area contributed by atoms with Crippen LogP contribution in [0.2, 0.25) is 0 Å². The minimum Gasteiger partial charge on any atom is -0.480 e. The van der Waals surface area contributed by atoms with Crippen LogP contribution in [-0.2, 0) is 4.79 Å². The van der Waals surface area contributed by atoms with E-state index in [-0.39, 0.29) is 18.5 Å². The second-order valence-electron chi connectivity index (χ2n) is 4.93. The zero-order valence-corrected chi connectivity index (χ0v) is 11.2. The third kappa shape index (κ3) is 2.11. The number of aromatic nitrogens is 4. The summed E-state index contributed by atoms with van der Waals surface area (Å²) in [6.07, 6.45) is 1.87. The maximum atomic E-state index is 12.5. The lowest BCUT2D eigenvalue weighted by Gasteiger charge is -2.21. The number of amides is 1. The van der Waals surface area contributed by atoms with E-state index in [0.29, 0.717) is 11.5 Å². The van der Waals surface area contributed by atoms with Crippen molar-refractivity contribution < 1.29 is 19.8 Å². The van der Waals surface area contributed by atoms with Crippen molar-refractivity contribution >= 4 is 17.7 Å². The van der Waals surface area contributed by atoms with E-state index in [1.807, 2.05) is 0 Å². The van der Waals surface area contributed by atoms with Gasteiger partial charge < -0.3 is 15.1 Å². The number of β-amino-alcohol motifs (C(OH)–C–C–N with tert-alkyl or cyclic N) is 1. The molecule has 3 rings (SSSR count). The molecule has 0 spiro atoms. The highest BCUT2D eigenvalue weighted by Gasteiger charge is 2.39. The Balaban J connectivity index is 2.00. The largest absolute Gasteiger partial charge is 0.480 e. The Morgan fingerprint density at radius 3 is 2.86 bits per heavy atom. The second kappa shape index (κ2) is 4.77. The van der Waals surface area contributed by atoms with Gasteiger partial charge in [0.15, 0.2) is 0 Å². The number of aliphatic hydroxyl groups is 1. The molecule has 1 saturated heterocycles. The van der Waals surface area contributed by atoms with Crippen molar-refractivity contribution in [3.8, 4) is 0 Å². The maximum Gasteiger partial charge on any atom is 0.326 e. The van der Waals surface area contributed by atoms with Crippen molar-refractivity contribution in [3.63, 3.8) is 0 Å². The third-order valence-electron chi connectivity index (χ3n) is 3.60. The fourth-order valence-corrected chi connectivity index (χ4v) is 2.53. The zero-order valence-electron chi connectivity index (χ0n) is 11.2. The van der Waals surface area contributed by atoms with Gasteiger partial charge in [0.1, 0.15) is 12.4 Å². The van der Waals surface area contributed by atoms with Gasteiger partial charge in [-0.15, -0.1) is 0 Å². The molecule has 9 heteroatoms. The topological polar surface area (TPSA) is 121 Å². The van der Waals surface area contributed by atoms with Crippen LogP contribution in [0.1, 0.15) is 22.5 Å². The van der Waals surface area contributed by atoms with Gasteiger partial charge in [-0.25, -0.2) is 14.3 Å². The molecule has 1 unspecified atom stereocenters. The lowest BCUT2D eigenvalue weighted by Crippen LogP contribution is -2.41.